The lowest BCUT2D eigenvalue weighted by molar-refractivity contribution is 0.0333. The van der Waals surface area contributed by atoms with Crippen LogP contribution in [0, 0.1) is 0 Å². The molecule has 2 aromatic rings. The minimum absolute atomic E-state index is 0.0602. The lowest BCUT2D eigenvalue weighted by Gasteiger charge is -2.36. The van der Waals surface area contributed by atoms with Crippen LogP contribution in [0.4, 0.5) is 5.69 Å². The van der Waals surface area contributed by atoms with Crippen molar-refractivity contribution in [1.82, 2.24) is 9.80 Å². The third-order valence-corrected chi connectivity index (χ3v) is 5.80. The zero-order chi connectivity index (χ0) is 20.2. The molecule has 8 heteroatoms. The number of hydrogen-bond donors (Lipinski definition) is 1. The Balaban J connectivity index is 1.39. The van der Waals surface area contributed by atoms with E-state index in [9.17, 15) is 9.90 Å². The van der Waals surface area contributed by atoms with E-state index in [-0.39, 0.29) is 5.75 Å². The molecule has 1 N–H and O–H groups in total. The van der Waals surface area contributed by atoms with Gasteiger partial charge >= 0.3 is 5.63 Å². The van der Waals surface area contributed by atoms with Gasteiger partial charge in [0.1, 0.15) is 12.0 Å². The summed E-state index contributed by atoms with van der Waals surface area (Å²) in [5.74, 6) is 0.0602. The normalized spacial score (nSPS) is 18.9. The molecular weight excluding hydrogens is 394 g/mol. The van der Waals surface area contributed by atoms with Crippen LogP contribution in [0.15, 0.2) is 39.7 Å². The summed E-state index contributed by atoms with van der Waals surface area (Å²) < 4.78 is 10.6. The van der Waals surface area contributed by atoms with Crippen molar-refractivity contribution < 1.29 is 14.3 Å². The van der Waals surface area contributed by atoms with Crippen LogP contribution in [0.25, 0.3) is 0 Å². The summed E-state index contributed by atoms with van der Waals surface area (Å²) in [5, 5.41) is 11.5. The number of ether oxygens (including phenoxy) is 1. The number of aromatic hydroxyl groups is 1. The van der Waals surface area contributed by atoms with E-state index in [2.05, 4.69) is 20.8 Å². The van der Waals surface area contributed by atoms with Gasteiger partial charge in [0, 0.05) is 68.6 Å². The van der Waals surface area contributed by atoms with Gasteiger partial charge in [0.15, 0.2) is 0 Å². The molecule has 2 fully saturated rings. The van der Waals surface area contributed by atoms with Gasteiger partial charge in [-0.25, -0.2) is 4.79 Å². The average Bonchev–Trinajstić information content (AvgIpc) is 2.74. The highest BCUT2D eigenvalue weighted by atomic mass is 35.5. The second-order valence-electron chi connectivity index (χ2n) is 7.51. The monoisotopic (exact) mass is 419 g/mol. The molecule has 0 amide bonds. The summed E-state index contributed by atoms with van der Waals surface area (Å²) in [4.78, 5) is 18.8. The highest BCUT2D eigenvalue weighted by Gasteiger charge is 2.22. The van der Waals surface area contributed by atoms with Crippen molar-refractivity contribution in [2.45, 2.75) is 13.1 Å². The van der Waals surface area contributed by atoms with Crippen LogP contribution in [0.2, 0.25) is 5.02 Å². The Kier molecular flexibility index (Phi) is 6.40. The Morgan fingerprint density at radius 2 is 1.72 bits per heavy atom. The molecule has 2 aliphatic heterocycles. The molecule has 156 valence electrons. The van der Waals surface area contributed by atoms with E-state index < -0.39 is 5.63 Å². The fourth-order valence-corrected chi connectivity index (χ4v) is 4.04. The molecule has 0 atom stereocenters. The van der Waals surface area contributed by atoms with Crippen molar-refractivity contribution in [3.8, 4) is 5.75 Å². The minimum Gasteiger partial charge on any atom is -0.507 e. The molecule has 0 saturated carbocycles. The number of anilines is 1. The standard InChI is InChI=1S/C21H26ClN3O4/c22-17-2-1-3-18(12-17)25-6-4-23(5-7-25)13-16-15-29-21(27)19(20(16)26)14-24-8-10-28-11-9-24/h1-3,12,15,26H,4-11,13-14H2. The minimum atomic E-state index is -0.469. The van der Waals surface area contributed by atoms with Gasteiger partial charge in [-0.15, -0.1) is 0 Å². The summed E-state index contributed by atoms with van der Waals surface area (Å²) in [6.07, 6.45) is 1.39. The highest BCUT2D eigenvalue weighted by molar-refractivity contribution is 6.30. The lowest BCUT2D eigenvalue weighted by atomic mass is 10.1. The number of benzene rings is 1. The SMILES string of the molecule is O=c1occ(CN2CCN(c3cccc(Cl)c3)CC2)c(O)c1CN1CCOCC1. The summed E-state index contributed by atoms with van der Waals surface area (Å²) in [5.41, 5.74) is 1.65. The fraction of sp³-hybridized carbons (Fsp3) is 0.476. The molecular formula is C21H26ClN3O4. The van der Waals surface area contributed by atoms with Crippen LogP contribution in [-0.4, -0.2) is 67.4 Å². The molecule has 0 spiro atoms. The third kappa shape index (κ3) is 4.93. The molecule has 29 heavy (non-hydrogen) atoms. The quantitative estimate of drug-likeness (QED) is 0.796. The molecule has 2 aliphatic rings. The van der Waals surface area contributed by atoms with Gasteiger partial charge in [0.25, 0.3) is 0 Å². The first-order valence-corrected chi connectivity index (χ1v) is 10.3. The predicted octanol–water partition coefficient (Wildman–Crippen LogP) is 2.15. The van der Waals surface area contributed by atoms with Gasteiger partial charge in [-0.05, 0) is 18.2 Å². The van der Waals surface area contributed by atoms with Crippen molar-refractivity contribution in [1.29, 1.82) is 0 Å². The molecule has 0 aliphatic carbocycles. The molecule has 0 radical (unpaired) electrons. The Morgan fingerprint density at radius 3 is 2.45 bits per heavy atom. The molecule has 1 aromatic heterocycles. The highest BCUT2D eigenvalue weighted by Crippen LogP contribution is 2.25. The molecule has 0 bridgehead atoms. The first-order valence-electron chi connectivity index (χ1n) is 9.95. The Labute approximate surface area is 175 Å². The molecule has 3 heterocycles. The van der Waals surface area contributed by atoms with Crippen molar-refractivity contribution in [3.63, 3.8) is 0 Å². The zero-order valence-electron chi connectivity index (χ0n) is 16.3. The molecule has 4 rings (SSSR count). The number of morpholine rings is 1. The van der Waals surface area contributed by atoms with E-state index in [4.69, 9.17) is 20.8 Å². The number of nitrogens with zero attached hydrogens (tertiary/aromatic N) is 3. The molecule has 1 aromatic carbocycles. The van der Waals surface area contributed by atoms with E-state index in [0.717, 1.165) is 50.0 Å². The number of halogens is 1. The molecule has 2 saturated heterocycles. The Bertz CT molecular complexity index is 890. The summed E-state index contributed by atoms with van der Waals surface area (Å²) in [6, 6.07) is 7.88. The van der Waals surface area contributed by atoms with E-state index in [0.29, 0.717) is 37.4 Å². The van der Waals surface area contributed by atoms with E-state index in [1.54, 1.807) is 0 Å². The van der Waals surface area contributed by atoms with Crippen molar-refractivity contribution >= 4 is 17.3 Å². The van der Waals surface area contributed by atoms with Crippen LogP contribution < -0.4 is 10.5 Å². The molecule has 7 nitrogen and oxygen atoms in total. The Hall–Kier alpha value is -2.06. The maximum Gasteiger partial charge on any atom is 0.343 e. The van der Waals surface area contributed by atoms with Gasteiger partial charge in [0.2, 0.25) is 0 Å². The fourth-order valence-electron chi connectivity index (χ4n) is 3.85. The van der Waals surface area contributed by atoms with Crippen molar-refractivity contribution in [3.05, 3.63) is 57.1 Å². The average molecular weight is 420 g/mol. The van der Waals surface area contributed by atoms with E-state index in [1.165, 1.54) is 6.26 Å². The van der Waals surface area contributed by atoms with Gasteiger partial charge in [0.05, 0.1) is 18.8 Å². The maximum atomic E-state index is 12.2. The second kappa shape index (κ2) is 9.17. The smallest absolute Gasteiger partial charge is 0.343 e. The van der Waals surface area contributed by atoms with E-state index >= 15 is 0 Å². The zero-order valence-corrected chi connectivity index (χ0v) is 17.1. The topological polar surface area (TPSA) is 69.4 Å². The van der Waals surface area contributed by atoms with Gasteiger partial charge < -0.3 is 19.2 Å². The van der Waals surface area contributed by atoms with Crippen LogP contribution in [0.1, 0.15) is 11.1 Å². The van der Waals surface area contributed by atoms with Crippen LogP contribution >= 0.6 is 11.6 Å². The maximum absolute atomic E-state index is 12.2. The van der Waals surface area contributed by atoms with Crippen molar-refractivity contribution in [2.24, 2.45) is 0 Å². The Morgan fingerprint density at radius 1 is 1.00 bits per heavy atom. The van der Waals surface area contributed by atoms with E-state index in [1.807, 2.05) is 18.2 Å². The van der Waals surface area contributed by atoms with Gasteiger partial charge in [-0.3, -0.25) is 9.80 Å². The number of piperazine rings is 1. The van der Waals surface area contributed by atoms with Crippen LogP contribution in [0.3, 0.4) is 0 Å². The lowest BCUT2D eigenvalue weighted by Crippen LogP contribution is -2.46. The largest absolute Gasteiger partial charge is 0.507 e. The first kappa shape index (κ1) is 20.2. The van der Waals surface area contributed by atoms with Gasteiger partial charge in [-0.2, -0.15) is 0 Å². The summed E-state index contributed by atoms with van der Waals surface area (Å²) in [7, 11) is 0. The van der Waals surface area contributed by atoms with Crippen LogP contribution in [0.5, 0.6) is 5.75 Å². The summed E-state index contributed by atoms with van der Waals surface area (Å²) in [6.45, 7) is 7.16. The number of rotatable bonds is 5. The van der Waals surface area contributed by atoms with Crippen LogP contribution in [-0.2, 0) is 17.8 Å². The number of hydrogen-bond acceptors (Lipinski definition) is 7. The molecule has 0 unspecified atom stereocenters. The third-order valence-electron chi connectivity index (χ3n) is 5.57. The first-order chi connectivity index (χ1) is 14.1. The summed E-state index contributed by atoms with van der Waals surface area (Å²) >= 11 is 6.10. The second-order valence-corrected chi connectivity index (χ2v) is 7.94. The van der Waals surface area contributed by atoms with Crippen molar-refractivity contribution in [2.75, 3.05) is 57.4 Å². The van der Waals surface area contributed by atoms with Gasteiger partial charge in [-0.1, -0.05) is 17.7 Å². The predicted molar refractivity (Wildman–Crippen MR) is 112 cm³/mol.